The SMILES string of the molecule is COC(=O)N1CCCC[C@@H]1C(=O)N1CCC(c2ccccc2OC)CC1. The van der Waals surface area contributed by atoms with Gasteiger partial charge in [-0.1, -0.05) is 18.2 Å². The molecule has 2 heterocycles. The number of methoxy groups -OCH3 is 2. The fourth-order valence-electron chi connectivity index (χ4n) is 4.15. The normalized spacial score (nSPS) is 21.4. The molecule has 3 rings (SSSR count). The molecule has 0 spiro atoms. The number of nitrogens with zero attached hydrogens (tertiary/aromatic N) is 2. The maximum absolute atomic E-state index is 13.0. The molecule has 142 valence electrons. The molecule has 1 aromatic rings. The summed E-state index contributed by atoms with van der Waals surface area (Å²) in [4.78, 5) is 28.5. The third-order valence-electron chi connectivity index (χ3n) is 5.58. The Bertz CT molecular complexity index is 640. The Morgan fingerprint density at radius 3 is 2.42 bits per heavy atom. The zero-order valence-corrected chi connectivity index (χ0v) is 15.6. The third-order valence-corrected chi connectivity index (χ3v) is 5.58. The highest BCUT2D eigenvalue weighted by atomic mass is 16.5. The summed E-state index contributed by atoms with van der Waals surface area (Å²) in [6, 6.07) is 7.74. The number of benzene rings is 1. The van der Waals surface area contributed by atoms with Crippen LogP contribution in [0.4, 0.5) is 4.79 Å². The van der Waals surface area contributed by atoms with Gasteiger partial charge in [0.15, 0.2) is 0 Å². The van der Waals surface area contributed by atoms with Crippen molar-refractivity contribution in [1.29, 1.82) is 0 Å². The maximum atomic E-state index is 13.0. The van der Waals surface area contributed by atoms with E-state index in [2.05, 4.69) is 6.07 Å². The van der Waals surface area contributed by atoms with Crippen LogP contribution in [0.5, 0.6) is 5.75 Å². The number of likely N-dealkylation sites (tertiary alicyclic amines) is 2. The first-order valence-electron chi connectivity index (χ1n) is 9.42. The van der Waals surface area contributed by atoms with Gasteiger partial charge in [0.05, 0.1) is 14.2 Å². The first-order chi connectivity index (χ1) is 12.7. The van der Waals surface area contributed by atoms with Crippen LogP contribution in [-0.2, 0) is 9.53 Å². The molecular formula is C20H28N2O4. The van der Waals surface area contributed by atoms with E-state index in [1.165, 1.54) is 12.7 Å². The zero-order valence-electron chi connectivity index (χ0n) is 15.6. The van der Waals surface area contributed by atoms with E-state index in [9.17, 15) is 9.59 Å². The van der Waals surface area contributed by atoms with Crippen LogP contribution in [0.25, 0.3) is 0 Å². The Labute approximate surface area is 155 Å². The smallest absolute Gasteiger partial charge is 0.410 e. The van der Waals surface area contributed by atoms with Crippen molar-refractivity contribution < 1.29 is 19.1 Å². The first kappa shape index (κ1) is 18.5. The lowest BCUT2D eigenvalue weighted by molar-refractivity contribution is -0.138. The minimum atomic E-state index is -0.396. The molecular weight excluding hydrogens is 332 g/mol. The van der Waals surface area contributed by atoms with E-state index >= 15 is 0 Å². The van der Waals surface area contributed by atoms with Gasteiger partial charge in [-0.15, -0.1) is 0 Å². The minimum absolute atomic E-state index is 0.0635. The van der Waals surface area contributed by atoms with Crippen molar-refractivity contribution >= 4 is 12.0 Å². The lowest BCUT2D eigenvalue weighted by atomic mass is 9.88. The van der Waals surface area contributed by atoms with Crippen LogP contribution < -0.4 is 4.74 Å². The molecule has 0 radical (unpaired) electrons. The molecule has 2 amide bonds. The van der Waals surface area contributed by atoms with E-state index in [4.69, 9.17) is 9.47 Å². The van der Waals surface area contributed by atoms with Gasteiger partial charge in [-0.05, 0) is 49.7 Å². The Balaban J connectivity index is 1.63. The lowest BCUT2D eigenvalue weighted by Crippen LogP contribution is -2.54. The number of hydrogen-bond donors (Lipinski definition) is 0. The van der Waals surface area contributed by atoms with E-state index in [0.717, 1.165) is 37.9 Å². The largest absolute Gasteiger partial charge is 0.496 e. The molecule has 0 aromatic heterocycles. The highest BCUT2D eigenvalue weighted by Crippen LogP contribution is 2.34. The minimum Gasteiger partial charge on any atom is -0.496 e. The topological polar surface area (TPSA) is 59.1 Å². The fourth-order valence-corrected chi connectivity index (χ4v) is 4.15. The van der Waals surface area contributed by atoms with Gasteiger partial charge in [-0.3, -0.25) is 9.69 Å². The van der Waals surface area contributed by atoms with Crippen molar-refractivity contribution in [3.8, 4) is 5.75 Å². The van der Waals surface area contributed by atoms with E-state index in [1.807, 2.05) is 23.1 Å². The van der Waals surface area contributed by atoms with Crippen molar-refractivity contribution in [1.82, 2.24) is 9.80 Å². The molecule has 0 N–H and O–H groups in total. The monoisotopic (exact) mass is 360 g/mol. The molecule has 1 atom stereocenters. The molecule has 0 unspecified atom stereocenters. The fraction of sp³-hybridized carbons (Fsp3) is 0.600. The van der Waals surface area contributed by atoms with Gasteiger partial charge in [0.25, 0.3) is 0 Å². The molecule has 26 heavy (non-hydrogen) atoms. The van der Waals surface area contributed by atoms with Crippen molar-refractivity contribution in [3.05, 3.63) is 29.8 Å². The lowest BCUT2D eigenvalue weighted by Gasteiger charge is -2.39. The van der Waals surface area contributed by atoms with E-state index < -0.39 is 6.09 Å². The summed E-state index contributed by atoms with van der Waals surface area (Å²) >= 11 is 0. The van der Waals surface area contributed by atoms with Gasteiger partial charge < -0.3 is 14.4 Å². The van der Waals surface area contributed by atoms with Crippen LogP contribution in [-0.4, -0.2) is 61.7 Å². The quantitative estimate of drug-likeness (QED) is 0.831. The van der Waals surface area contributed by atoms with Gasteiger partial charge in [-0.2, -0.15) is 0 Å². The average molecular weight is 360 g/mol. The Kier molecular flexibility index (Phi) is 6.01. The van der Waals surface area contributed by atoms with Gasteiger partial charge in [0.1, 0.15) is 11.8 Å². The number of ether oxygens (including phenoxy) is 2. The Morgan fingerprint density at radius 2 is 1.73 bits per heavy atom. The maximum Gasteiger partial charge on any atom is 0.410 e. The van der Waals surface area contributed by atoms with Gasteiger partial charge >= 0.3 is 6.09 Å². The number of hydrogen-bond acceptors (Lipinski definition) is 4. The highest BCUT2D eigenvalue weighted by Gasteiger charge is 2.36. The number of para-hydroxylation sites is 1. The highest BCUT2D eigenvalue weighted by molar-refractivity contribution is 5.86. The van der Waals surface area contributed by atoms with Crippen LogP contribution in [0, 0.1) is 0 Å². The van der Waals surface area contributed by atoms with Crippen LogP contribution in [0.3, 0.4) is 0 Å². The van der Waals surface area contributed by atoms with Crippen molar-refractivity contribution in [3.63, 3.8) is 0 Å². The molecule has 2 saturated heterocycles. The molecule has 2 aliphatic heterocycles. The van der Waals surface area contributed by atoms with Crippen molar-refractivity contribution in [2.75, 3.05) is 33.9 Å². The molecule has 6 nitrogen and oxygen atoms in total. The average Bonchev–Trinajstić information content (AvgIpc) is 2.72. The summed E-state index contributed by atoms with van der Waals surface area (Å²) in [6.45, 7) is 2.03. The molecule has 0 aliphatic carbocycles. The van der Waals surface area contributed by atoms with Crippen LogP contribution in [0.1, 0.15) is 43.6 Å². The molecule has 0 bridgehead atoms. The standard InChI is InChI=1S/C20H28N2O4/c1-25-18-9-4-3-7-16(18)15-10-13-21(14-11-15)19(23)17-8-5-6-12-22(17)20(24)26-2/h3-4,7,9,15,17H,5-6,8,10-14H2,1-2H3/t17-/m1/s1. The summed E-state index contributed by atoms with van der Waals surface area (Å²) in [5, 5.41) is 0. The summed E-state index contributed by atoms with van der Waals surface area (Å²) < 4.78 is 10.3. The third kappa shape index (κ3) is 3.79. The predicted molar refractivity (Wildman–Crippen MR) is 98.3 cm³/mol. The van der Waals surface area contributed by atoms with Crippen LogP contribution >= 0.6 is 0 Å². The van der Waals surface area contributed by atoms with Crippen molar-refractivity contribution in [2.24, 2.45) is 0 Å². The number of carbonyl (C=O) groups excluding carboxylic acids is 2. The van der Waals surface area contributed by atoms with E-state index in [-0.39, 0.29) is 11.9 Å². The molecule has 1 aromatic carbocycles. The number of rotatable bonds is 3. The summed E-state index contributed by atoms with van der Waals surface area (Å²) in [6.07, 6.45) is 4.05. The molecule has 0 saturated carbocycles. The van der Waals surface area contributed by atoms with Crippen LogP contribution in [0.15, 0.2) is 24.3 Å². The molecule has 2 aliphatic rings. The van der Waals surface area contributed by atoms with E-state index in [1.54, 1.807) is 12.0 Å². The van der Waals surface area contributed by atoms with Gasteiger partial charge in [0, 0.05) is 19.6 Å². The van der Waals surface area contributed by atoms with Gasteiger partial charge in [0.2, 0.25) is 5.91 Å². The Hall–Kier alpha value is -2.24. The van der Waals surface area contributed by atoms with Crippen LogP contribution in [0.2, 0.25) is 0 Å². The summed E-state index contributed by atoms with van der Waals surface area (Å²) in [7, 11) is 3.07. The second kappa shape index (κ2) is 8.43. The summed E-state index contributed by atoms with van der Waals surface area (Å²) in [5.74, 6) is 1.38. The molecule has 6 heteroatoms. The summed E-state index contributed by atoms with van der Waals surface area (Å²) in [5.41, 5.74) is 1.22. The zero-order chi connectivity index (χ0) is 18.5. The Morgan fingerprint density at radius 1 is 1.00 bits per heavy atom. The second-order valence-corrected chi connectivity index (χ2v) is 7.02. The first-order valence-corrected chi connectivity index (χ1v) is 9.42. The number of amides is 2. The van der Waals surface area contributed by atoms with Gasteiger partial charge in [-0.25, -0.2) is 4.79 Å². The second-order valence-electron chi connectivity index (χ2n) is 7.02. The predicted octanol–water partition coefficient (Wildman–Crippen LogP) is 3.02. The number of carbonyl (C=O) groups is 2. The van der Waals surface area contributed by atoms with Crippen molar-refractivity contribution in [2.45, 2.75) is 44.1 Å². The van der Waals surface area contributed by atoms with E-state index in [0.29, 0.717) is 25.6 Å². The number of piperidine rings is 2. The molecule has 2 fully saturated rings.